The van der Waals surface area contributed by atoms with E-state index >= 15 is 0 Å². The molecule has 2 aromatic heterocycles. The molecule has 0 bridgehead atoms. The Balaban J connectivity index is 1.80. The molecule has 7 nitrogen and oxygen atoms in total. The summed E-state index contributed by atoms with van der Waals surface area (Å²) in [6, 6.07) is 3.08. The summed E-state index contributed by atoms with van der Waals surface area (Å²) >= 11 is 1.50. The van der Waals surface area contributed by atoms with E-state index in [1.54, 1.807) is 13.2 Å². The van der Waals surface area contributed by atoms with Crippen molar-refractivity contribution in [1.29, 1.82) is 0 Å². The maximum Gasteiger partial charge on any atom is 0.264 e. The van der Waals surface area contributed by atoms with Crippen molar-refractivity contribution in [3.05, 3.63) is 27.5 Å². The minimum absolute atomic E-state index is 0.222. The Kier molecular flexibility index (Phi) is 5.78. The predicted octanol–water partition coefficient (Wildman–Crippen LogP) is 0.457. The average molecular weight is 295 g/mol. The molecular weight excluding hydrogens is 278 g/mol. The van der Waals surface area contributed by atoms with Crippen LogP contribution in [0.5, 0.6) is 0 Å². The van der Waals surface area contributed by atoms with Gasteiger partial charge in [-0.05, 0) is 19.0 Å². The van der Waals surface area contributed by atoms with Gasteiger partial charge in [0.25, 0.3) is 5.56 Å². The van der Waals surface area contributed by atoms with Gasteiger partial charge in [-0.15, -0.1) is 10.2 Å². The van der Waals surface area contributed by atoms with Gasteiger partial charge < -0.3 is 10.1 Å². The topological polar surface area (TPSA) is 92.8 Å². The molecule has 0 spiro atoms. The SMILES string of the molecule is COCCNCCCc1nnc(-c2ccc(=O)[nH]n2)s1. The second-order valence-electron chi connectivity index (χ2n) is 4.15. The smallest absolute Gasteiger partial charge is 0.264 e. The summed E-state index contributed by atoms with van der Waals surface area (Å²) in [5.74, 6) is 0. The predicted molar refractivity (Wildman–Crippen MR) is 76.8 cm³/mol. The summed E-state index contributed by atoms with van der Waals surface area (Å²) in [7, 11) is 1.69. The van der Waals surface area contributed by atoms with Crippen molar-refractivity contribution in [1.82, 2.24) is 25.7 Å². The van der Waals surface area contributed by atoms with Gasteiger partial charge in [0.1, 0.15) is 10.7 Å². The van der Waals surface area contributed by atoms with Crippen LogP contribution >= 0.6 is 11.3 Å². The molecule has 0 aliphatic carbocycles. The molecule has 0 atom stereocenters. The Bertz CT molecular complexity index is 563. The molecule has 0 aromatic carbocycles. The van der Waals surface area contributed by atoms with Gasteiger partial charge in [-0.3, -0.25) is 4.79 Å². The Hall–Kier alpha value is -1.64. The summed E-state index contributed by atoms with van der Waals surface area (Å²) in [5.41, 5.74) is 0.423. The molecule has 20 heavy (non-hydrogen) atoms. The number of hydrogen-bond acceptors (Lipinski definition) is 7. The number of aromatic amines is 1. The van der Waals surface area contributed by atoms with Gasteiger partial charge in [-0.1, -0.05) is 11.3 Å². The quantitative estimate of drug-likeness (QED) is 0.687. The molecule has 0 aliphatic heterocycles. The highest BCUT2D eigenvalue weighted by molar-refractivity contribution is 7.14. The summed E-state index contributed by atoms with van der Waals surface area (Å²) in [5, 5.41) is 19.5. The molecule has 0 saturated heterocycles. The summed E-state index contributed by atoms with van der Waals surface area (Å²) in [6.07, 6.45) is 1.87. The molecule has 0 unspecified atom stereocenters. The van der Waals surface area contributed by atoms with E-state index in [9.17, 15) is 4.79 Å². The van der Waals surface area contributed by atoms with Crippen LogP contribution in [0.2, 0.25) is 0 Å². The van der Waals surface area contributed by atoms with Crippen molar-refractivity contribution in [2.75, 3.05) is 26.8 Å². The van der Waals surface area contributed by atoms with Crippen LogP contribution < -0.4 is 10.9 Å². The van der Waals surface area contributed by atoms with Crippen LogP contribution in [-0.2, 0) is 11.2 Å². The first kappa shape index (κ1) is 14.8. The highest BCUT2D eigenvalue weighted by Gasteiger charge is 2.07. The number of nitrogens with zero attached hydrogens (tertiary/aromatic N) is 3. The second kappa shape index (κ2) is 7.83. The Labute approximate surface area is 120 Å². The third-order valence-corrected chi connectivity index (χ3v) is 3.60. The van der Waals surface area contributed by atoms with E-state index in [1.165, 1.54) is 17.4 Å². The lowest BCUT2D eigenvalue weighted by molar-refractivity contribution is 0.199. The number of aromatic nitrogens is 4. The van der Waals surface area contributed by atoms with E-state index in [0.29, 0.717) is 5.69 Å². The van der Waals surface area contributed by atoms with E-state index in [0.717, 1.165) is 42.6 Å². The van der Waals surface area contributed by atoms with Crippen molar-refractivity contribution < 1.29 is 4.74 Å². The van der Waals surface area contributed by atoms with E-state index in [-0.39, 0.29) is 5.56 Å². The minimum Gasteiger partial charge on any atom is -0.383 e. The van der Waals surface area contributed by atoms with E-state index in [2.05, 4.69) is 25.7 Å². The van der Waals surface area contributed by atoms with Crippen LogP contribution in [0.15, 0.2) is 16.9 Å². The number of aryl methyl sites for hydroxylation is 1. The van der Waals surface area contributed by atoms with Crippen molar-refractivity contribution in [2.24, 2.45) is 0 Å². The largest absolute Gasteiger partial charge is 0.383 e. The molecule has 0 saturated carbocycles. The van der Waals surface area contributed by atoms with Crippen molar-refractivity contribution >= 4 is 11.3 Å². The molecule has 0 fully saturated rings. The summed E-state index contributed by atoms with van der Waals surface area (Å²) in [4.78, 5) is 10.9. The van der Waals surface area contributed by atoms with Crippen molar-refractivity contribution in [2.45, 2.75) is 12.8 Å². The fraction of sp³-hybridized carbons (Fsp3) is 0.500. The molecule has 0 amide bonds. The molecular formula is C12H17N5O2S. The van der Waals surface area contributed by atoms with Crippen molar-refractivity contribution in [3.8, 4) is 10.7 Å². The number of nitrogens with one attached hydrogen (secondary N) is 2. The molecule has 0 aliphatic rings. The Morgan fingerprint density at radius 2 is 2.25 bits per heavy atom. The van der Waals surface area contributed by atoms with Gasteiger partial charge in [0, 0.05) is 26.1 Å². The van der Waals surface area contributed by atoms with Gasteiger partial charge in [-0.25, -0.2) is 5.10 Å². The molecule has 2 heterocycles. The maximum atomic E-state index is 10.9. The van der Waals surface area contributed by atoms with Crippen LogP contribution in [0.3, 0.4) is 0 Å². The first-order valence-electron chi connectivity index (χ1n) is 6.38. The third-order valence-electron chi connectivity index (χ3n) is 2.59. The number of hydrogen-bond donors (Lipinski definition) is 2. The van der Waals surface area contributed by atoms with Crippen LogP contribution in [-0.4, -0.2) is 47.2 Å². The molecule has 8 heteroatoms. The minimum atomic E-state index is -0.222. The first-order valence-corrected chi connectivity index (χ1v) is 7.19. The Morgan fingerprint density at radius 3 is 3.00 bits per heavy atom. The standard InChI is InChI=1S/C12H17N5O2S/c1-19-8-7-13-6-2-3-11-16-17-12(20-11)9-4-5-10(18)15-14-9/h4-5,13H,2-3,6-8H2,1H3,(H,15,18). The van der Waals surface area contributed by atoms with Crippen molar-refractivity contribution in [3.63, 3.8) is 0 Å². The Morgan fingerprint density at radius 1 is 1.35 bits per heavy atom. The normalized spacial score (nSPS) is 10.8. The van der Waals surface area contributed by atoms with Crippen LogP contribution in [0.1, 0.15) is 11.4 Å². The average Bonchev–Trinajstić information content (AvgIpc) is 2.92. The van der Waals surface area contributed by atoms with Gasteiger partial charge in [0.15, 0.2) is 5.01 Å². The number of rotatable bonds is 8. The fourth-order valence-corrected chi connectivity index (χ4v) is 2.44. The zero-order chi connectivity index (χ0) is 14.2. The lowest BCUT2D eigenvalue weighted by Gasteiger charge is -2.01. The lowest BCUT2D eigenvalue weighted by Crippen LogP contribution is -2.20. The van der Waals surface area contributed by atoms with E-state index in [4.69, 9.17) is 4.74 Å². The maximum absolute atomic E-state index is 10.9. The third kappa shape index (κ3) is 4.48. The summed E-state index contributed by atoms with van der Waals surface area (Å²) in [6.45, 7) is 2.51. The molecule has 2 rings (SSSR count). The fourth-order valence-electron chi connectivity index (χ4n) is 1.59. The molecule has 2 N–H and O–H groups in total. The molecule has 108 valence electrons. The number of methoxy groups -OCH3 is 1. The zero-order valence-electron chi connectivity index (χ0n) is 11.3. The van der Waals surface area contributed by atoms with E-state index < -0.39 is 0 Å². The number of H-pyrrole nitrogens is 1. The van der Waals surface area contributed by atoms with Crippen LogP contribution in [0, 0.1) is 0 Å². The van der Waals surface area contributed by atoms with Gasteiger partial charge in [0.05, 0.1) is 6.61 Å². The lowest BCUT2D eigenvalue weighted by atomic mass is 10.3. The van der Waals surface area contributed by atoms with E-state index in [1.807, 2.05) is 0 Å². The van der Waals surface area contributed by atoms with Gasteiger partial charge >= 0.3 is 0 Å². The molecule has 0 radical (unpaired) electrons. The first-order chi connectivity index (χ1) is 9.79. The summed E-state index contributed by atoms with van der Waals surface area (Å²) < 4.78 is 4.95. The van der Waals surface area contributed by atoms with Gasteiger partial charge in [-0.2, -0.15) is 5.10 Å². The highest BCUT2D eigenvalue weighted by Crippen LogP contribution is 2.20. The monoisotopic (exact) mass is 295 g/mol. The zero-order valence-corrected chi connectivity index (χ0v) is 12.1. The highest BCUT2D eigenvalue weighted by atomic mass is 32.1. The molecule has 2 aromatic rings. The van der Waals surface area contributed by atoms with Gasteiger partial charge in [0.2, 0.25) is 0 Å². The van der Waals surface area contributed by atoms with Crippen LogP contribution in [0.25, 0.3) is 10.7 Å². The number of ether oxygens (including phenoxy) is 1. The second-order valence-corrected chi connectivity index (χ2v) is 5.22. The van der Waals surface area contributed by atoms with Crippen LogP contribution in [0.4, 0.5) is 0 Å².